The molecule has 50 valence electrons. The first kappa shape index (κ1) is 6.40. The summed E-state index contributed by atoms with van der Waals surface area (Å²) in [6.45, 7) is 4.33. The van der Waals surface area contributed by atoms with E-state index in [1.54, 1.807) is 0 Å². The van der Waals surface area contributed by atoms with E-state index in [1.165, 1.54) is 0 Å². The highest BCUT2D eigenvalue weighted by atomic mass is 14.6. The van der Waals surface area contributed by atoms with Gasteiger partial charge in [0, 0.05) is 11.6 Å². The molecule has 1 nitrogen and oxygen atoms in total. The molecule has 0 amide bonds. The van der Waals surface area contributed by atoms with Crippen LogP contribution in [0, 0.1) is 11.8 Å². The molecule has 0 bridgehead atoms. The Labute approximate surface area is 56.2 Å². The highest BCUT2D eigenvalue weighted by Crippen LogP contribution is 2.21. The Morgan fingerprint density at radius 3 is 2.56 bits per heavy atom. The van der Waals surface area contributed by atoms with Crippen LogP contribution in [-0.4, -0.2) is 0 Å². The van der Waals surface area contributed by atoms with Crippen molar-refractivity contribution < 1.29 is 0 Å². The van der Waals surface area contributed by atoms with Crippen molar-refractivity contribution in [2.75, 3.05) is 0 Å². The predicted molar refractivity (Wildman–Crippen MR) is 39.7 cm³/mol. The number of allylic oxidation sites excluding steroid dienone is 4. The fourth-order valence-electron chi connectivity index (χ4n) is 0.964. The molecule has 0 fully saturated rings. The minimum atomic E-state index is 0.523. The average Bonchev–Trinajstić information content (AvgIpc) is 1.83. The van der Waals surface area contributed by atoms with Gasteiger partial charge in [0.25, 0.3) is 0 Å². The quantitative estimate of drug-likeness (QED) is 0.521. The lowest BCUT2D eigenvalue weighted by atomic mass is 9.89. The third kappa shape index (κ3) is 1.15. The molecule has 0 aromatic heterocycles. The summed E-state index contributed by atoms with van der Waals surface area (Å²) < 4.78 is 0. The molecule has 0 heterocycles. The second-order valence-electron chi connectivity index (χ2n) is 2.70. The van der Waals surface area contributed by atoms with Gasteiger partial charge in [-0.15, -0.1) is 0 Å². The van der Waals surface area contributed by atoms with Crippen LogP contribution >= 0.6 is 0 Å². The molecule has 0 saturated heterocycles. The SMILES string of the molecule is C[C@@H]1C(N)=CC=C[C@@H]1C. The maximum Gasteiger partial charge on any atom is 0.0115 e. The zero-order valence-corrected chi connectivity index (χ0v) is 5.96. The molecule has 1 aliphatic rings. The highest BCUT2D eigenvalue weighted by Gasteiger charge is 2.13. The summed E-state index contributed by atoms with van der Waals surface area (Å²) in [6.07, 6.45) is 6.19. The summed E-state index contributed by atoms with van der Waals surface area (Å²) in [4.78, 5) is 0. The molecule has 0 aromatic carbocycles. The van der Waals surface area contributed by atoms with Gasteiger partial charge in [-0.2, -0.15) is 0 Å². The maximum atomic E-state index is 5.68. The van der Waals surface area contributed by atoms with Crippen LogP contribution in [0.1, 0.15) is 13.8 Å². The van der Waals surface area contributed by atoms with Gasteiger partial charge in [-0.25, -0.2) is 0 Å². The van der Waals surface area contributed by atoms with Gasteiger partial charge in [-0.05, 0) is 12.0 Å². The summed E-state index contributed by atoms with van der Waals surface area (Å²) in [5.74, 6) is 1.13. The Hall–Kier alpha value is -0.720. The van der Waals surface area contributed by atoms with Gasteiger partial charge in [-0.1, -0.05) is 26.0 Å². The maximum absolute atomic E-state index is 5.68. The number of rotatable bonds is 0. The number of hydrogen-bond donors (Lipinski definition) is 1. The second kappa shape index (κ2) is 2.26. The number of hydrogen-bond acceptors (Lipinski definition) is 1. The standard InChI is InChI=1S/C8H13N/c1-6-4-3-5-8(9)7(6)2/h3-7H,9H2,1-2H3/t6-,7-/m0/s1. The first-order valence-corrected chi connectivity index (χ1v) is 3.35. The van der Waals surface area contributed by atoms with E-state index in [2.05, 4.69) is 19.9 Å². The molecule has 0 radical (unpaired) electrons. The Kier molecular flexibility index (Phi) is 1.60. The van der Waals surface area contributed by atoms with Crippen molar-refractivity contribution in [1.29, 1.82) is 0 Å². The molecular weight excluding hydrogens is 110 g/mol. The Bertz CT molecular complexity index is 156. The zero-order valence-electron chi connectivity index (χ0n) is 5.96. The van der Waals surface area contributed by atoms with Crippen molar-refractivity contribution in [3.8, 4) is 0 Å². The first-order valence-electron chi connectivity index (χ1n) is 3.35. The average molecular weight is 123 g/mol. The lowest BCUT2D eigenvalue weighted by Crippen LogP contribution is -2.16. The molecule has 2 N–H and O–H groups in total. The van der Waals surface area contributed by atoms with Crippen molar-refractivity contribution >= 4 is 0 Å². The summed E-state index contributed by atoms with van der Waals surface area (Å²) in [6, 6.07) is 0. The van der Waals surface area contributed by atoms with E-state index in [9.17, 15) is 0 Å². The fourth-order valence-corrected chi connectivity index (χ4v) is 0.964. The minimum absolute atomic E-state index is 0.523. The van der Waals surface area contributed by atoms with Crippen molar-refractivity contribution in [3.63, 3.8) is 0 Å². The van der Waals surface area contributed by atoms with E-state index >= 15 is 0 Å². The van der Waals surface area contributed by atoms with E-state index in [4.69, 9.17) is 5.73 Å². The summed E-state index contributed by atoms with van der Waals surface area (Å²) in [5, 5.41) is 0. The Morgan fingerprint density at radius 1 is 1.44 bits per heavy atom. The van der Waals surface area contributed by atoms with Crippen LogP contribution in [0.5, 0.6) is 0 Å². The van der Waals surface area contributed by atoms with E-state index in [0.717, 1.165) is 5.70 Å². The molecule has 0 aromatic rings. The van der Waals surface area contributed by atoms with E-state index in [-0.39, 0.29) is 0 Å². The van der Waals surface area contributed by atoms with Crippen LogP contribution in [-0.2, 0) is 0 Å². The van der Waals surface area contributed by atoms with Gasteiger partial charge in [0.2, 0.25) is 0 Å². The van der Waals surface area contributed by atoms with Gasteiger partial charge in [0.1, 0.15) is 0 Å². The Balaban J connectivity index is 2.73. The van der Waals surface area contributed by atoms with Crippen molar-refractivity contribution in [3.05, 3.63) is 23.9 Å². The summed E-state index contributed by atoms with van der Waals surface area (Å²) in [5.41, 5.74) is 6.68. The molecule has 0 saturated carbocycles. The Morgan fingerprint density at radius 2 is 2.11 bits per heavy atom. The molecule has 1 aliphatic carbocycles. The van der Waals surface area contributed by atoms with Crippen molar-refractivity contribution in [1.82, 2.24) is 0 Å². The molecule has 1 heteroatoms. The second-order valence-corrected chi connectivity index (χ2v) is 2.70. The molecule has 1 rings (SSSR count). The van der Waals surface area contributed by atoms with E-state index in [1.807, 2.05) is 12.2 Å². The topological polar surface area (TPSA) is 26.0 Å². The molecule has 0 aliphatic heterocycles. The van der Waals surface area contributed by atoms with Crippen molar-refractivity contribution in [2.45, 2.75) is 13.8 Å². The molecule has 0 unspecified atom stereocenters. The smallest absolute Gasteiger partial charge is 0.0115 e. The highest BCUT2D eigenvalue weighted by molar-refractivity contribution is 5.19. The molecular formula is C8H13N. The van der Waals surface area contributed by atoms with E-state index < -0.39 is 0 Å². The van der Waals surface area contributed by atoms with Crippen LogP contribution in [0.3, 0.4) is 0 Å². The lowest BCUT2D eigenvalue weighted by molar-refractivity contribution is 0.518. The minimum Gasteiger partial charge on any atom is -0.402 e. The van der Waals surface area contributed by atoms with Crippen LogP contribution in [0.2, 0.25) is 0 Å². The first-order chi connectivity index (χ1) is 4.22. The molecule has 9 heavy (non-hydrogen) atoms. The van der Waals surface area contributed by atoms with Gasteiger partial charge in [-0.3, -0.25) is 0 Å². The predicted octanol–water partition coefficient (Wildman–Crippen LogP) is 1.67. The van der Waals surface area contributed by atoms with Gasteiger partial charge in [0.05, 0.1) is 0 Å². The molecule has 0 spiro atoms. The monoisotopic (exact) mass is 123 g/mol. The summed E-state index contributed by atoms with van der Waals surface area (Å²) in [7, 11) is 0. The number of nitrogens with two attached hydrogens (primary N) is 1. The van der Waals surface area contributed by atoms with Crippen LogP contribution in [0.15, 0.2) is 23.9 Å². The van der Waals surface area contributed by atoms with Crippen molar-refractivity contribution in [2.24, 2.45) is 17.6 Å². The third-order valence-corrected chi connectivity index (χ3v) is 2.02. The lowest BCUT2D eigenvalue weighted by Gasteiger charge is -2.19. The summed E-state index contributed by atoms with van der Waals surface area (Å²) >= 11 is 0. The van der Waals surface area contributed by atoms with Gasteiger partial charge < -0.3 is 5.73 Å². The van der Waals surface area contributed by atoms with E-state index in [0.29, 0.717) is 11.8 Å². The van der Waals surface area contributed by atoms with Crippen LogP contribution in [0.4, 0.5) is 0 Å². The third-order valence-electron chi connectivity index (χ3n) is 2.02. The van der Waals surface area contributed by atoms with Gasteiger partial charge >= 0.3 is 0 Å². The fraction of sp³-hybridized carbons (Fsp3) is 0.500. The zero-order chi connectivity index (χ0) is 6.85. The normalized spacial score (nSPS) is 34.2. The largest absolute Gasteiger partial charge is 0.402 e. The van der Waals surface area contributed by atoms with Crippen LogP contribution in [0.25, 0.3) is 0 Å². The van der Waals surface area contributed by atoms with Crippen LogP contribution < -0.4 is 5.73 Å². The van der Waals surface area contributed by atoms with Gasteiger partial charge in [0.15, 0.2) is 0 Å². The molecule has 2 atom stereocenters.